The fourth-order valence-corrected chi connectivity index (χ4v) is 2.50. The van der Waals surface area contributed by atoms with Crippen LogP contribution in [0.2, 0.25) is 0 Å². The number of nitrogens with zero attached hydrogens (tertiary/aromatic N) is 1. The number of hydrogen-bond acceptors (Lipinski definition) is 2. The molecule has 0 amide bonds. The number of aliphatic hydroxyl groups excluding tert-OH is 1. The van der Waals surface area contributed by atoms with Gasteiger partial charge in [0.2, 0.25) is 0 Å². The lowest BCUT2D eigenvalue weighted by atomic mass is 9.73. The highest BCUT2D eigenvalue weighted by Crippen LogP contribution is 2.40. The molecule has 0 aromatic heterocycles. The van der Waals surface area contributed by atoms with E-state index in [1.54, 1.807) is 6.08 Å². The molecule has 0 aromatic rings. The summed E-state index contributed by atoms with van der Waals surface area (Å²) in [6.45, 7) is 8.96. The van der Waals surface area contributed by atoms with Crippen LogP contribution in [0.5, 0.6) is 0 Å². The third-order valence-electron chi connectivity index (χ3n) is 3.69. The number of allylic oxidation sites excluding steroid dienone is 3. The molecule has 1 rings (SSSR count). The predicted octanol–water partition coefficient (Wildman–Crippen LogP) is 3.83. The van der Waals surface area contributed by atoms with E-state index in [2.05, 4.69) is 13.2 Å². The third kappa shape index (κ3) is 4.13. The standard InChI is InChI=1S/C14H20F3NO/c1-4-11(12(19)5-2)13(3)6-8-18(9-7-13)10-14(15,16)17/h4-5,19H,1-2,6-10H2,3H3/b12-11-. The summed E-state index contributed by atoms with van der Waals surface area (Å²) in [5.41, 5.74) is 0.316. The van der Waals surface area contributed by atoms with Crippen molar-refractivity contribution in [3.8, 4) is 0 Å². The molecule has 1 saturated heterocycles. The van der Waals surface area contributed by atoms with Gasteiger partial charge in [-0.3, -0.25) is 4.90 Å². The molecule has 108 valence electrons. The lowest BCUT2D eigenvalue weighted by molar-refractivity contribution is -0.149. The van der Waals surface area contributed by atoms with Gasteiger partial charge < -0.3 is 5.11 Å². The van der Waals surface area contributed by atoms with E-state index in [0.717, 1.165) is 0 Å². The Balaban J connectivity index is 2.76. The first kappa shape index (κ1) is 15.8. The zero-order valence-electron chi connectivity index (χ0n) is 11.1. The third-order valence-corrected chi connectivity index (χ3v) is 3.69. The second-order valence-corrected chi connectivity index (χ2v) is 5.16. The highest BCUT2D eigenvalue weighted by Gasteiger charge is 2.37. The number of aliphatic hydroxyl groups is 1. The largest absolute Gasteiger partial charge is 0.508 e. The Morgan fingerprint density at radius 2 is 1.79 bits per heavy atom. The summed E-state index contributed by atoms with van der Waals surface area (Å²) < 4.78 is 37.0. The molecule has 1 N–H and O–H groups in total. The molecule has 0 atom stereocenters. The van der Waals surface area contributed by atoms with E-state index in [-0.39, 0.29) is 11.2 Å². The fraction of sp³-hybridized carbons (Fsp3) is 0.571. The second-order valence-electron chi connectivity index (χ2n) is 5.16. The summed E-state index contributed by atoms with van der Waals surface area (Å²) in [6.07, 6.45) is -0.139. The van der Waals surface area contributed by atoms with Crippen molar-refractivity contribution >= 4 is 0 Å². The zero-order chi connectivity index (χ0) is 14.7. The molecule has 0 spiro atoms. The summed E-state index contributed by atoms with van der Waals surface area (Å²) in [4.78, 5) is 1.40. The normalized spacial score (nSPS) is 21.7. The maximum atomic E-state index is 12.3. The molecule has 1 heterocycles. The van der Waals surface area contributed by atoms with Crippen molar-refractivity contribution in [1.29, 1.82) is 0 Å². The first-order valence-electron chi connectivity index (χ1n) is 6.19. The first-order valence-corrected chi connectivity index (χ1v) is 6.19. The van der Waals surface area contributed by atoms with Crippen LogP contribution < -0.4 is 0 Å². The molecule has 1 fully saturated rings. The highest BCUT2D eigenvalue weighted by molar-refractivity contribution is 5.32. The summed E-state index contributed by atoms with van der Waals surface area (Å²) in [5.74, 6) is 0.0572. The van der Waals surface area contributed by atoms with Crippen molar-refractivity contribution < 1.29 is 18.3 Å². The highest BCUT2D eigenvalue weighted by atomic mass is 19.4. The number of halogens is 3. The molecule has 19 heavy (non-hydrogen) atoms. The Kier molecular flexibility index (Phi) is 4.85. The van der Waals surface area contributed by atoms with E-state index in [0.29, 0.717) is 31.5 Å². The predicted molar refractivity (Wildman–Crippen MR) is 69.9 cm³/mol. The van der Waals surface area contributed by atoms with Crippen molar-refractivity contribution in [2.45, 2.75) is 25.9 Å². The number of hydrogen-bond donors (Lipinski definition) is 1. The molecule has 0 aromatic carbocycles. The molecule has 0 radical (unpaired) electrons. The minimum absolute atomic E-state index is 0.0572. The van der Waals surface area contributed by atoms with Crippen LogP contribution >= 0.6 is 0 Å². The van der Waals surface area contributed by atoms with Crippen LogP contribution in [0.25, 0.3) is 0 Å². The number of piperidine rings is 1. The smallest absolute Gasteiger partial charge is 0.401 e. The SMILES string of the molecule is C=C/C(O)=C(\C=C)C1(C)CCN(CC(F)(F)F)CC1. The van der Waals surface area contributed by atoms with Crippen molar-refractivity contribution in [1.82, 2.24) is 4.90 Å². The van der Waals surface area contributed by atoms with Gasteiger partial charge in [-0.1, -0.05) is 26.2 Å². The Morgan fingerprint density at radius 3 is 2.16 bits per heavy atom. The molecule has 5 heteroatoms. The minimum Gasteiger partial charge on any atom is -0.508 e. The Hall–Kier alpha value is -1.23. The Labute approximate surface area is 111 Å². The molecule has 0 bridgehead atoms. The van der Waals surface area contributed by atoms with E-state index in [1.807, 2.05) is 6.92 Å². The molecule has 0 unspecified atom stereocenters. The molecule has 1 aliphatic rings. The summed E-state index contributed by atoms with van der Waals surface area (Å²) >= 11 is 0. The van der Waals surface area contributed by atoms with E-state index in [4.69, 9.17) is 0 Å². The van der Waals surface area contributed by atoms with Crippen LogP contribution in [0.4, 0.5) is 13.2 Å². The van der Waals surface area contributed by atoms with Crippen LogP contribution in [-0.2, 0) is 0 Å². The molecule has 0 saturated carbocycles. The molecular weight excluding hydrogens is 255 g/mol. The van der Waals surface area contributed by atoms with Gasteiger partial charge in [0, 0.05) is 0 Å². The lowest BCUT2D eigenvalue weighted by Crippen LogP contribution is -2.43. The summed E-state index contributed by atoms with van der Waals surface area (Å²) in [7, 11) is 0. The van der Waals surface area contributed by atoms with E-state index in [9.17, 15) is 18.3 Å². The van der Waals surface area contributed by atoms with E-state index < -0.39 is 12.7 Å². The van der Waals surface area contributed by atoms with Gasteiger partial charge in [0.15, 0.2) is 0 Å². The van der Waals surface area contributed by atoms with Gasteiger partial charge in [-0.2, -0.15) is 13.2 Å². The van der Waals surface area contributed by atoms with Crippen LogP contribution in [0.1, 0.15) is 19.8 Å². The van der Waals surface area contributed by atoms with Crippen molar-refractivity contribution in [3.05, 3.63) is 36.6 Å². The second kappa shape index (κ2) is 5.82. The summed E-state index contributed by atoms with van der Waals surface area (Å²) in [6, 6.07) is 0. The van der Waals surface area contributed by atoms with Gasteiger partial charge in [0.05, 0.1) is 6.54 Å². The van der Waals surface area contributed by atoms with Crippen LogP contribution in [0, 0.1) is 5.41 Å². The summed E-state index contributed by atoms with van der Waals surface area (Å²) in [5, 5.41) is 9.78. The number of alkyl halides is 3. The van der Waals surface area contributed by atoms with Gasteiger partial charge in [0.1, 0.15) is 5.76 Å². The van der Waals surface area contributed by atoms with Crippen molar-refractivity contribution in [3.63, 3.8) is 0 Å². The van der Waals surface area contributed by atoms with Crippen molar-refractivity contribution in [2.24, 2.45) is 5.41 Å². The lowest BCUT2D eigenvalue weighted by Gasteiger charge is -2.40. The van der Waals surface area contributed by atoms with Crippen LogP contribution in [0.15, 0.2) is 36.6 Å². The van der Waals surface area contributed by atoms with Crippen LogP contribution in [0.3, 0.4) is 0 Å². The molecule has 1 aliphatic heterocycles. The zero-order valence-corrected chi connectivity index (χ0v) is 11.1. The maximum absolute atomic E-state index is 12.3. The van der Waals surface area contributed by atoms with E-state index >= 15 is 0 Å². The quantitative estimate of drug-likeness (QED) is 0.622. The Morgan fingerprint density at radius 1 is 1.26 bits per heavy atom. The maximum Gasteiger partial charge on any atom is 0.401 e. The van der Waals surface area contributed by atoms with Gasteiger partial charge in [-0.25, -0.2) is 0 Å². The average Bonchev–Trinajstić information content (AvgIpc) is 2.31. The Bertz CT molecular complexity index is 377. The fourth-order valence-electron chi connectivity index (χ4n) is 2.50. The number of likely N-dealkylation sites (tertiary alicyclic amines) is 1. The van der Waals surface area contributed by atoms with E-state index in [1.165, 1.54) is 11.0 Å². The minimum atomic E-state index is -4.16. The molecule has 0 aliphatic carbocycles. The topological polar surface area (TPSA) is 23.5 Å². The average molecular weight is 275 g/mol. The molecular formula is C14H20F3NO. The number of rotatable bonds is 4. The van der Waals surface area contributed by atoms with Gasteiger partial charge in [0.25, 0.3) is 0 Å². The molecule has 2 nitrogen and oxygen atoms in total. The van der Waals surface area contributed by atoms with Gasteiger partial charge in [-0.05, 0) is 43.0 Å². The van der Waals surface area contributed by atoms with Crippen LogP contribution in [-0.4, -0.2) is 35.8 Å². The first-order chi connectivity index (χ1) is 8.72. The monoisotopic (exact) mass is 275 g/mol. The van der Waals surface area contributed by atoms with Crippen molar-refractivity contribution in [2.75, 3.05) is 19.6 Å². The van der Waals surface area contributed by atoms with Gasteiger partial charge >= 0.3 is 6.18 Å². The van der Waals surface area contributed by atoms with Gasteiger partial charge in [-0.15, -0.1) is 0 Å².